The standard InChI is InChI=1S/C32H41N3O5S/c1-5-8-22-33-32(37)30(6-2)34(23-26-16-14-25(4)15-17-26)31(36)24-35(27-12-10-9-11-13-27)41(38,39)29-20-18-28(19-21-29)40-7-3/h9-21,30H,5-8,22-24H2,1-4H3,(H,33,37). The number of hydrogen-bond donors (Lipinski definition) is 1. The van der Waals surface area contributed by atoms with Crippen LogP contribution >= 0.6 is 0 Å². The van der Waals surface area contributed by atoms with E-state index in [1.165, 1.54) is 17.0 Å². The molecule has 9 heteroatoms. The molecule has 41 heavy (non-hydrogen) atoms. The minimum absolute atomic E-state index is 0.0343. The van der Waals surface area contributed by atoms with Crippen LogP contribution in [0.5, 0.6) is 5.75 Å². The van der Waals surface area contributed by atoms with E-state index >= 15 is 0 Å². The highest BCUT2D eigenvalue weighted by atomic mass is 32.2. The molecule has 0 aromatic heterocycles. The van der Waals surface area contributed by atoms with Crippen LogP contribution in [0.15, 0.2) is 83.8 Å². The lowest BCUT2D eigenvalue weighted by atomic mass is 10.1. The number of nitrogens with one attached hydrogen (secondary N) is 1. The number of amides is 2. The van der Waals surface area contributed by atoms with Crippen LogP contribution in [0.25, 0.3) is 0 Å². The van der Waals surface area contributed by atoms with Crippen LogP contribution in [-0.4, -0.2) is 50.9 Å². The number of para-hydroxylation sites is 1. The topological polar surface area (TPSA) is 96.0 Å². The molecule has 8 nitrogen and oxygen atoms in total. The van der Waals surface area contributed by atoms with Crippen molar-refractivity contribution in [3.63, 3.8) is 0 Å². The summed E-state index contributed by atoms with van der Waals surface area (Å²) in [5, 5.41) is 2.94. The molecule has 0 saturated heterocycles. The van der Waals surface area contributed by atoms with Crippen LogP contribution in [0.2, 0.25) is 0 Å². The zero-order valence-electron chi connectivity index (χ0n) is 24.4. The van der Waals surface area contributed by atoms with E-state index in [1.54, 1.807) is 42.5 Å². The number of ether oxygens (including phenoxy) is 1. The Kier molecular flexibility index (Phi) is 11.8. The van der Waals surface area contributed by atoms with Gasteiger partial charge in [0.05, 0.1) is 17.2 Å². The molecule has 3 aromatic rings. The van der Waals surface area contributed by atoms with Gasteiger partial charge in [0.25, 0.3) is 10.0 Å². The molecule has 0 aliphatic heterocycles. The average molecular weight is 580 g/mol. The number of unbranched alkanes of at least 4 members (excludes halogenated alkanes) is 1. The summed E-state index contributed by atoms with van der Waals surface area (Å²) >= 11 is 0. The van der Waals surface area contributed by atoms with Crippen LogP contribution in [0.3, 0.4) is 0 Å². The molecule has 1 atom stereocenters. The van der Waals surface area contributed by atoms with Gasteiger partial charge in [-0.2, -0.15) is 0 Å². The quantitative estimate of drug-likeness (QED) is 0.246. The summed E-state index contributed by atoms with van der Waals surface area (Å²) in [6.45, 7) is 8.40. The van der Waals surface area contributed by atoms with Crippen LogP contribution in [0.1, 0.15) is 51.2 Å². The van der Waals surface area contributed by atoms with Gasteiger partial charge in [0, 0.05) is 13.1 Å². The SMILES string of the molecule is CCCCNC(=O)C(CC)N(Cc1ccc(C)cc1)C(=O)CN(c1ccccc1)S(=O)(=O)c1ccc(OCC)cc1. The number of rotatable bonds is 15. The maximum absolute atomic E-state index is 14.1. The van der Waals surface area contributed by atoms with Crippen molar-refractivity contribution in [3.8, 4) is 5.75 Å². The number of aryl methyl sites for hydroxylation is 1. The Balaban J connectivity index is 1.99. The van der Waals surface area contributed by atoms with Crippen molar-refractivity contribution in [2.75, 3.05) is 24.0 Å². The third-order valence-corrected chi connectivity index (χ3v) is 8.52. The molecular weight excluding hydrogens is 538 g/mol. The van der Waals surface area contributed by atoms with E-state index in [1.807, 2.05) is 52.0 Å². The average Bonchev–Trinajstić information content (AvgIpc) is 2.97. The van der Waals surface area contributed by atoms with E-state index in [9.17, 15) is 18.0 Å². The van der Waals surface area contributed by atoms with Gasteiger partial charge in [0.15, 0.2) is 0 Å². The fourth-order valence-electron chi connectivity index (χ4n) is 4.44. The van der Waals surface area contributed by atoms with Gasteiger partial charge in [-0.25, -0.2) is 8.42 Å². The highest BCUT2D eigenvalue weighted by molar-refractivity contribution is 7.92. The van der Waals surface area contributed by atoms with Gasteiger partial charge in [0.2, 0.25) is 11.8 Å². The predicted molar refractivity (Wildman–Crippen MR) is 162 cm³/mol. The van der Waals surface area contributed by atoms with Crippen molar-refractivity contribution in [2.24, 2.45) is 0 Å². The van der Waals surface area contributed by atoms with Crippen LogP contribution in [0.4, 0.5) is 5.69 Å². The Morgan fingerprint density at radius 2 is 1.56 bits per heavy atom. The van der Waals surface area contributed by atoms with Gasteiger partial charge in [-0.05, 0) is 68.7 Å². The molecule has 1 unspecified atom stereocenters. The maximum atomic E-state index is 14.1. The molecule has 0 bridgehead atoms. The van der Waals surface area contributed by atoms with Gasteiger partial charge in [-0.1, -0.05) is 68.3 Å². The number of sulfonamides is 1. The van der Waals surface area contributed by atoms with Crippen molar-refractivity contribution in [2.45, 2.75) is 64.4 Å². The normalized spacial score (nSPS) is 11.9. The summed E-state index contributed by atoms with van der Waals surface area (Å²) in [5.41, 5.74) is 2.28. The van der Waals surface area contributed by atoms with Crippen LogP contribution in [0, 0.1) is 6.92 Å². The highest BCUT2D eigenvalue weighted by Crippen LogP contribution is 2.26. The Morgan fingerprint density at radius 1 is 0.902 bits per heavy atom. The van der Waals surface area contributed by atoms with Gasteiger partial charge in [0.1, 0.15) is 18.3 Å². The van der Waals surface area contributed by atoms with Crippen molar-refractivity contribution >= 4 is 27.5 Å². The molecule has 2 amide bonds. The highest BCUT2D eigenvalue weighted by Gasteiger charge is 2.33. The summed E-state index contributed by atoms with van der Waals surface area (Å²) < 4.78 is 34.5. The maximum Gasteiger partial charge on any atom is 0.264 e. The molecule has 0 aliphatic rings. The van der Waals surface area contributed by atoms with Crippen LogP contribution < -0.4 is 14.4 Å². The van der Waals surface area contributed by atoms with Gasteiger partial charge >= 0.3 is 0 Å². The number of carbonyl (C=O) groups is 2. The molecule has 0 saturated carbocycles. The molecule has 0 heterocycles. The van der Waals surface area contributed by atoms with E-state index < -0.39 is 28.5 Å². The van der Waals surface area contributed by atoms with Gasteiger partial charge in [-0.3, -0.25) is 13.9 Å². The second-order valence-corrected chi connectivity index (χ2v) is 11.7. The number of nitrogens with zero attached hydrogens (tertiary/aromatic N) is 2. The molecule has 0 spiro atoms. The zero-order valence-corrected chi connectivity index (χ0v) is 25.2. The third kappa shape index (κ3) is 8.57. The largest absolute Gasteiger partial charge is 0.494 e. The lowest BCUT2D eigenvalue weighted by Crippen LogP contribution is -2.52. The summed E-state index contributed by atoms with van der Waals surface area (Å²) in [5.74, 6) is -0.165. The lowest BCUT2D eigenvalue weighted by Gasteiger charge is -2.33. The molecule has 1 N–H and O–H groups in total. The summed E-state index contributed by atoms with van der Waals surface area (Å²) in [6, 6.07) is 21.7. The first-order valence-electron chi connectivity index (χ1n) is 14.1. The zero-order chi connectivity index (χ0) is 29.8. The number of carbonyl (C=O) groups excluding carboxylic acids is 2. The summed E-state index contributed by atoms with van der Waals surface area (Å²) in [6.07, 6.45) is 2.14. The van der Waals surface area contributed by atoms with E-state index in [0.717, 1.165) is 28.3 Å². The molecular formula is C32H41N3O5S. The molecule has 3 rings (SSSR count). The molecule has 0 fully saturated rings. The first-order valence-corrected chi connectivity index (χ1v) is 15.6. The second-order valence-electron chi connectivity index (χ2n) is 9.83. The molecule has 3 aromatic carbocycles. The Labute approximate surface area is 244 Å². The third-order valence-electron chi connectivity index (χ3n) is 6.73. The van der Waals surface area contributed by atoms with E-state index in [4.69, 9.17) is 4.74 Å². The second kappa shape index (κ2) is 15.2. The monoisotopic (exact) mass is 579 g/mol. The smallest absolute Gasteiger partial charge is 0.264 e. The fraction of sp³-hybridized carbons (Fsp3) is 0.375. The van der Waals surface area contributed by atoms with Gasteiger partial charge < -0.3 is 15.0 Å². The Bertz CT molecular complexity index is 1360. The Morgan fingerprint density at radius 3 is 2.15 bits per heavy atom. The molecule has 0 radical (unpaired) electrons. The number of benzene rings is 3. The van der Waals surface area contributed by atoms with E-state index in [-0.39, 0.29) is 17.3 Å². The van der Waals surface area contributed by atoms with Crippen molar-refractivity contribution in [1.82, 2.24) is 10.2 Å². The number of hydrogen-bond acceptors (Lipinski definition) is 5. The van der Waals surface area contributed by atoms with Crippen molar-refractivity contribution < 1.29 is 22.7 Å². The van der Waals surface area contributed by atoms with Crippen LogP contribution in [-0.2, 0) is 26.2 Å². The van der Waals surface area contributed by atoms with E-state index in [0.29, 0.717) is 31.0 Å². The predicted octanol–water partition coefficient (Wildman–Crippen LogP) is 5.31. The molecule has 220 valence electrons. The minimum Gasteiger partial charge on any atom is -0.494 e. The molecule has 0 aliphatic carbocycles. The summed E-state index contributed by atoms with van der Waals surface area (Å²) in [7, 11) is -4.13. The fourth-order valence-corrected chi connectivity index (χ4v) is 5.85. The first kappa shape index (κ1) is 31.7. The van der Waals surface area contributed by atoms with Crippen molar-refractivity contribution in [1.29, 1.82) is 0 Å². The van der Waals surface area contributed by atoms with E-state index in [2.05, 4.69) is 5.32 Å². The Hall–Kier alpha value is -3.85. The van der Waals surface area contributed by atoms with Crippen molar-refractivity contribution in [3.05, 3.63) is 90.0 Å². The minimum atomic E-state index is -4.13. The first-order chi connectivity index (χ1) is 19.7. The summed E-state index contributed by atoms with van der Waals surface area (Å²) in [4.78, 5) is 28.8. The lowest BCUT2D eigenvalue weighted by molar-refractivity contribution is -0.140. The number of anilines is 1. The van der Waals surface area contributed by atoms with Gasteiger partial charge in [-0.15, -0.1) is 0 Å².